The summed E-state index contributed by atoms with van der Waals surface area (Å²) in [6.07, 6.45) is 3.16. The maximum absolute atomic E-state index is 12.9. The van der Waals surface area contributed by atoms with Gasteiger partial charge in [-0.25, -0.2) is 4.98 Å². The van der Waals surface area contributed by atoms with Gasteiger partial charge in [-0.15, -0.1) is 11.3 Å². The van der Waals surface area contributed by atoms with Gasteiger partial charge in [-0.1, -0.05) is 25.1 Å². The first kappa shape index (κ1) is 19.6. The highest BCUT2D eigenvalue weighted by Gasteiger charge is 2.30. The Labute approximate surface area is 174 Å². The van der Waals surface area contributed by atoms with Gasteiger partial charge in [0.15, 0.2) is 0 Å². The highest BCUT2D eigenvalue weighted by molar-refractivity contribution is 7.16. The smallest absolute Gasteiger partial charge is 0.253 e. The van der Waals surface area contributed by atoms with Crippen LogP contribution in [0.3, 0.4) is 0 Å². The van der Waals surface area contributed by atoms with Gasteiger partial charge in [-0.05, 0) is 54.7 Å². The number of amides is 2. The van der Waals surface area contributed by atoms with Crippen LogP contribution in [-0.2, 0) is 4.79 Å². The van der Waals surface area contributed by atoms with Crippen molar-refractivity contribution in [1.82, 2.24) is 15.2 Å². The molecule has 1 saturated carbocycles. The average molecular weight is 408 g/mol. The van der Waals surface area contributed by atoms with Crippen LogP contribution in [0.25, 0.3) is 21.3 Å². The van der Waals surface area contributed by atoms with Gasteiger partial charge in [0, 0.05) is 31.1 Å². The minimum Gasteiger partial charge on any atom is -0.353 e. The number of carbonyl (C=O) groups is 2. The number of thiazole rings is 1. The number of nitrogens with zero attached hydrogens (tertiary/aromatic N) is 2. The standard InChI is InChI=1S/C23H25N3O2S/c1-3-22(27)25-18-9-10-19(13-18)26(2)23(28)16-6-4-15(5-7-16)17-8-11-20-21(12-17)29-14-24-20/h4-8,11-12,14,18-19H,3,9-10,13H2,1-2H3,(H,25,27). The Balaban J connectivity index is 1.43. The summed E-state index contributed by atoms with van der Waals surface area (Å²) in [7, 11) is 1.86. The Bertz CT molecular complexity index is 1030. The number of carbonyl (C=O) groups excluding carboxylic acids is 2. The monoisotopic (exact) mass is 407 g/mol. The molecule has 0 radical (unpaired) electrons. The first-order valence-electron chi connectivity index (χ1n) is 10.1. The molecule has 1 aliphatic rings. The normalized spacial score (nSPS) is 18.7. The Morgan fingerprint density at radius 1 is 1.14 bits per heavy atom. The molecule has 2 amide bonds. The molecular formula is C23H25N3O2S. The quantitative estimate of drug-likeness (QED) is 0.678. The van der Waals surface area contributed by atoms with E-state index in [-0.39, 0.29) is 23.9 Å². The van der Waals surface area contributed by atoms with Crippen LogP contribution in [0.5, 0.6) is 0 Å². The number of hydrogen-bond acceptors (Lipinski definition) is 4. The van der Waals surface area contributed by atoms with Crippen molar-refractivity contribution in [2.75, 3.05) is 7.05 Å². The topological polar surface area (TPSA) is 62.3 Å². The second kappa shape index (κ2) is 8.33. The van der Waals surface area contributed by atoms with E-state index in [4.69, 9.17) is 0 Å². The fraction of sp³-hybridized carbons (Fsp3) is 0.348. The largest absolute Gasteiger partial charge is 0.353 e. The highest BCUT2D eigenvalue weighted by atomic mass is 32.1. The molecule has 1 aliphatic carbocycles. The van der Waals surface area contributed by atoms with E-state index < -0.39 is 0 Å². The number of hydrogen-bond donors (Lipinski definition) is 1. The van der Waals surface area contributed by atoms with Gasteiger partial charge < -0.3 is 10.2 Å². The molecule has 1 heterocycles. The number of nitrogens with one attached hydrogen (secondary N) is 1. The Morgan fingerprint density at radius 2 is 1.90 bits per heavy atom. The summed E-state index contributed by atoms with van der Waals surface area (Å²) in [6.45, 7) is 1.86. The number of fused-ring (bicyclic) bond motifs is 1. The fourth-order valence-electron chi connectivity index (χ4n) is 3.98. The van der Waals surface area contributed by atoms with Gasteiger partial charge in [0.05, 0.1) is 15.7 Å². The summed E-state index contributed by atoms with van der Waals surface area (Å²) < 4.78 is 1.16. The van der Waals surface area contributed by atoms with E-state index >= 15 is 0 Å². The molecule has 0 saturated heterocycles. The molecular weight excluding hydrogens is 382 g/mol. The molecule has 1 aromatic heterocycles. The minimum absolute atomic E-state index is 0.0296. The highest BCUT2D eigenvalue weighted by Crippen LogP contribution is 2.28. The maximum atomic E-state index is 12.9. The van der Waals surface area contributed by atoms with E-state index in [1.807, 2.05) is 54.7 Å². The van der Waals surface area contributed by atoms with Crippen molar-refractivity contribution in [2.24, 2.45) is 0 Å². The van der Waals surface area contributed by atoms with Crippen LogP contribution >= 0.6 is 11.3 Å². The third kappa shape index (κ3) is 4.17. The van der Waals surface area contributed by atoms with E-state index in [0.29, 0.717) is 12.0 Å². The summed E-state index contributed by atoms with van der Waals surface area (Å²) >= 11 is 1.63. The molecule has 2 aromatic carbocycles. The first-order chi connectivity index (χ1) is 14.0. The molecule has 3 aromatic rings. The van der Waals surface area contributed by atoms with Gasteiger partial charge in [0.25, 0.3) is 5.91 Å². The second-order valence-corrected chi connectivity index (χ2v) is 8.50. The van der Waals surface area contributed by atoms with Crippen LogP contribution in [0, 0.1) is 0 Å². The first-order valence-corrected chi connectivity index (χ1v) is 10.9. The van der Waals surface area contributed by atoms with Crippen LogP contribution in [-0.4, -0.2) is 40.8 Å². The molecule has 4 rings (SSSR count). The number of rotatable bonds is 5. The SMILES string of the molecule is CCC(=O)NC1CCC(N(C)C(=O)c2ccc(-c3ccc4ncsc4c3)cc2)C1. The fourth-order valence-corrected chi connectivity index (χ4v) is 4.70. The van der Waals surface area contributed by atoms with E-state index in [9.17, 15) is 9.59 Å². The summed E-state index contributed by atoms with van der Waals surface area (Å²) in [4.78, 5) is 30.7. The van der Waals surface area contributed by atoms with Crippen molar-refractivity contribution in [3.8, 4) is 11.1 Å². The average Bonchev–Trinajstić information content (AvgIpc) is 3.41. The Kier molecular flexibility index (Phi) is 5.62. The van der Waals surface area contributed by atoms with E-state index in [1.165, 1.54) is 0 Å². The predicted molar refractivity (Wildman–Crippen MR) is 117 cm³/mol. The lowest BCUT2D eigenvalue weighted by Gasteiger charge is -2.25. The lowest BCUT2D eigenvalue weighted by Crippen LogP contribution is -2.38. The molecule has 0 spiro atoms. The third-order valence-corrected chi connectivity index (χ3v) is 6.55. The van der Waals surface area contributed by atoms with Crippen molar-refractivity contribution in [3.63, 3.8) is 0 Å². The van der Waals surface area contributed by atoms with Crippen molar-refractivity contribution < 1.29 is 9.59 Å². The Morgan fingerprint density at radius 3 is 2.66 bits per heavy atom. The van der Waals surface area contributed by atoms with E-state index in [2.05, 4.69) is 22.4 Å². The molecule has 29 heavy (non-hydrogen) atoms. The summed E-state index contributed by atoms with van der Waals surface area (Å²) in [5.41, 5.74) is 5.77. The zero-order valence-corrected chi connectivity index (χ0v) is 17.5. The molecule has 1 N–H and O–H groups in total. The minimum atomic E-state index is 0.0296. The van der Waals surface area contributed by atoms with Gasteiger partial charge in [0.1, 0.15) is 0 Å². The summed E-state index contributed by atoms with van der Waals surface area (Å²) in [5.74, 6) is 0.110. The predicted octanol–water partition coefficient (Wildman–Crippen LogP) is 4.48. The van der Waals surface area contributed by atoms with E-state index in [1.54, 1.807) is 11.3 Å². The van der Waals surface area contributed by atoms with Crippen LogP contribution in [0.15, 0.2) is 48.0 Å². The molecule has 6 heteroatoms. The maximum Gasteiger partial charge on any atom is 0.253 e. The van der Waals surface area contributed by atoms with Crippen LogP contribution in [0.2, 0.25) is 0 Å². The number of aromatic nitrogens is 1. The molecule has 2 unspecified atom stereocenters. The van der Waals surface area contributed by atoms with Gasteiger partial charge in [0.2, 0.25) is 5.91 Å². The molecule has 150 valence electrons. The van der Waals surface area contributed by atoms with Gasteiger partial charge >= 0.3 is 0 Å². The van der Waals surface area contributed by atoms with Crippen LogP contribution in [0.4, 0.5) is 0 Å². The van der Waals surface area contributed by atoms with Crippen LogP contribution < -0.4 is 5.32 Å². The second-order valence-electron chi connectivity index (χ2n) is 7.61. The lowest BCUT2D eigenvalue weighted by atomic mass is 10.0. The van der Waals surface area contributed by atoms with Crippen molar-refractivity contribution in [1.29, 1.82) is 0 Å². The number of benzene rings is 2. The van der Waals surface area contributed by atoms with Crippen molar-refractivity contribution in [2.45, 2.75) is 44.7 Å². The molecule has 5 nitrogen and oxygen atoms in total. The van der Waals surface area contributed by atoms with Crippen molar-refractivity contribution in [3.05, 3.63) is 53.5 Å². The molecule has 1 fully saturated rings. The third-order valence-electron chi connectivity index (χ3n) is 5.76. The summed E-state index contributed by atoms with van der Waals surface area (Å²) in [6, 6.07) is 14.4. The molecule has 2 atom stereocenters. The van der Waals surface area contributed by atoms with E-state index in [0.717, 1.165) is 40.6 Å². The zero-order chi connectivity index (χ0) is 20.4. The lowest BCUT2D eigenvalue weighted by molar-refractivity contribution is -0.121. The summed E-state index contributed by atoms with van der Waals surface area (Å²) in [5, 5.41) is 3.05. The van der Waals surface area contributed by atoms with Gasteiger partial charge in [-0.2, -0.15) is 0 Å². The van der Waals surface area contributed by atoms with Crippen molar-refractivity contribution >= 4 is 33.4 Å². The Hall–Kier alpha value is -2.73. The van der Waals surface area contributed by atoms with Gasteiger partial charge in [-0.3, -0.25) is 9.59 Å². The molecule has 0 aliphatic heterocycles. The van der Waals surface area contributed by atoms with Crippen LogP contribution in [0.1, 0.15) is 43.0 Å². The molecule has 0 bridgehead atoms. The zero-order valence-electron chi connectivity index (χ0n) is 16.7.